The van der Waals surface area contributed by atoms with Crippen LogP contribution in [0.2, 0.25) is 0 Å². The zero-order valence-corrected chi connectivity index (χ0v) is 11.2. The summed E-state index contributed by atoms with van der Waals surface area (Å²) in [6.45, 7) is 3.41. The van der Waals surface area contributed by atoms with Gasteiger partial charge in [0, 0.05) is 0 Å². The highest BCUT2D eigenvalue weighted by Crippen LogP contribution is 2.34. The van der Waals surface area contributed by atoms with Crippen LogP contribution in [0.1, 0.15) is 36.1 Å². The van der Waals surface area contributed by atoms with Crippen LogP contribution in [-0.2, 0) is 0 Å². The van der Waals surface area contributed by atoms with E-state index in [4.69, 9.17) is 4.42 Å². The zero-order valence-electron chi connectivity index (χ0n) is 11.2. The summed E-state index contributed by atoms with van der Waals surface area (Å²) in [5.74, 6) is 1.17. The molecular weight excluding hydrogens is 267 g/mol. The van der Waals surface area contributed by atoms with Gasteiger partial charge in [0.25, 0.3) is 0 Å². The summed E-state index contributed by atoms with van der Waals surface area (Å²) >= 11 is 0. The average Bonchev–Trinajstić information content (AvgIpc) is 2.82. The van der Waals surface area contributed by atoms with Crippen LogP contribution in [0.25, 0.3) is 0 Å². The fourth-order valence-electron chi connectivity index (χ4n) is 2.04. The third-order valence-electron chi connectivity index (χ3n) is 3.06. The van der Waals surface area contributed by atoms with E-state index in [1.54, 1.807) is 44.2 Å². The first-order chi connectivity index (χ1) is 9.38. The highest BCUT2D eigenvalue weighted by atomic mass is 19.4. The molecule has 0 bridgehead atoms. The normalized spacial score (nSPS) is 15.1. The topological polar surface area (TPSA) is 25.2 Å². The van der Waals surface area contributed by atoms with Crippen LogP contribution in [-0.4, -0.2) is 6.18 Å². The van der Waals surface area contributed by atoms with E-state index in [9.17, 15) is 13.2 Å². The lowest BCUT2D eigenvalue weighted by Crippen LogP contribution is -2.35. The minimum atomic E-state index is -4.36. The monoisotopic (exact) mass is 283 g/mol. The van der Waals surface area contributed by atoms with Gasteiger partial charge in [-0.3, -0.25) is 5.32 Å². The van der Waals surface area contributed by atoms with Crippen LogP contribution >= 0.6 is 0 Å². The predicted molar refractivity (Wildman–Crippen MR) is 70.2 cm³/mol. The van der Waals surface area contributed by atoms with Crippen molar-refractivity contribution < 1.29 is 17.6 Å². The number of hydrogen-bond donors (Lipinski definition) is 1. The first-order valence-corrected chi connectivity index (χ1v) is 6.32. The quantitative estimate of drug-likeness (QED) is 0.891. The minimum Gasteiger partial charge on any atom is -0.465 e. The SMILES string of the molecule is Cc1ccc(C(C)NC(c2ccccc2)C(F)(F)F)o1. The molecule has 0 radical (unpaired) electrons. The Balaban J connectivity index is 2.21. The molecule has 2 atom stereocenters. The standard InChI is InChI=1S/C15H16F3NO/c1-10-8-9-13(20-10)11(2)19-14(15(16,17)18)12-6-4-3-5-7-12/h3-9,11,14,19H,1-2H3. The Morgan fingerprint density at radius 3 is 2.20 bits per heavy atom. The van der Waals surface area contributed by atoms with Crippen LogP contribution < -0.4 is 5.32 Å². The first kappa shape index (κ1) is 14.7. The van der Waals surface area contributed by atoms with E-state index in [2.05, 4.69) is 5.32 Å². The number of furan rings is 1. The molecule has 20 heavy (non-hydrogen) atoms. The molecule has 0 saturated carbocycles. The van der Waals surface area contributed by atoms with E-state index >= 15 is 0 Å². The molecule has 2 rings (SSSR count). The molecule has 0 aliphatic carbocycles. The van der Waals surface area contributed by atoms with E-state index in [0.29, 0.717) is 11.5 Å². The van der Waals surface area contributed by atoms with Crippen molar-refractivity contribution in [3.8, 4) is 0 Å². The largest absolute Gasteiger partial charge is 0.465 e. The molecule has 5 heteroatoms. The van der Waals surface area contributed by atoms with Crippen molar-refractivity contribution in [3.05, 3.63) is 59.5 Å². The van der Waals surface area contributed by atoms with E-state index in [-0.39, 0.29) is 5.56 Å². The Kier molecular flexibility index (Phi) is 4.18. The fraction of sp³-hybridized carbons (Fsp3) is 0.333. The van der Waals surface area contributed by atoms with Crippen LogP contribution in [0.3, 0.4) is 0 Å². The maximum Gasteiger partial charge on any atom is 0.407 e. The summed E-state index contributed by atoms with van der Waals surface area (Å²) < 4.78 is 44.9. The summed E-state index contributed by atoms with van der Waals surface area (Å²) in [6.07, 6.45) is -4.36. The van der Waals surface area contributed by atoms with Crippen molar-refractivity contribution in [2.24, 2.45) is 0 Å². The van der Waals surface area contributed by atoms with Gasteiger partial charge in [-0.05, 0) is 31.5 Å². The predicted octanol–water partition coefficient (Wildman–Crippen LogP) is 4.54. The molecular formula is C15H16F3NO. The first-order valence-electron chi connectivity index (χ1n) is 6.32. The second kappa shape index (κ2) is 5.71. The Morgan fingerprint density at radius 1 is 1.05 bits per heavy atom. The highest BCUT2D eigenvalue weighted by molar-refractivity contribution is 5.21. The summed E-state index contributed by atoms with van der Waals surface area (Å²) in [4.78, 5) is 0. The molecule has 0 amide bonds. The van der Waals surface area contributed by atoms with Gasteiger partial charge in [-0.25, -0.2) is 0 Å². The molecule has 1 aromatic carbocycles. The molecule has 2 unspecified atom stereocenters. The van der Waals surface area contributed by atoms with E-state index in [0.717, 1.165) is 0 Å². The third-order valence-corrected chi connectivity index (χ3v) is 3.06. The van der Waals surface area contributed by atoms with Gasteiger partial charge in [0.2, 0.25) is 0 Å². The third kappa shape index (κ3) is 3.42. The average molecular weight is 283 g/mol. The van der Waals surface area contributed by atoms with Crippen molar-refractivity contribution in [2.75, 3.05) is 0 Å². The maximum absolute atomic E-state index is 13.2. The van der Waals surface area contributed by atoms with Gasteiger partial charge in [0.15, 0.2) is 0 Å². The van der Waals surface area contributed by atoms with Gasteiger partial charge in [-0.2, -0.15) is 13.2 Å². The second-order valence-corrected chi connectivity index (χ2v) is 4.72. The minimum absolute atomic E-state index is 0.190. The number of benzene rings is 1. The Bertz CT molecular complexity index is 548. The molecule has 1 aromatic heterocycles. The summed E-state index contributed by atoms with van der Waals surface area (Å²) in [6, 6.07) is 8.98. The van der Waals surface area contributed by atoms with Gasteiger partial charge in [0.05, 0.1) is 6.04 Å². The second-order valence-electron chi connectivity index (χ2n) is 4.72. The van der Waals surface area contributed by atoms with Crippen LogP contribution in [0, 0.1) is 6.92 Å². The molecule has 108 valence electrons. The lowest BCUT2D eigenvalue weighted by molar-refractivity contribution is -0.159. The number of halogens is 3. The number of rotatable bonds is 4. The number of nitrogens with one attached hydrogen (secondary N) is 1. The Morgan fingerprint density at radius 2 is 1.70 bits per heavy atom. The lowest BCUT2D eigenvalue weighted by Gasteiger charge is -2.25. The molecule has 2 aromatic rings. The van der Waals surface area contributed by atoms with Crippen molar-refractivity contribution in [3.63, 3.8) is 0 Å². The van der Waals surface area contributed by atoms with Crippen molar-refractivity contribution in [2.45, 2.75) is 32.1 Å². The van der Waals surface area contributed by atoms with Crippen LogP contribution in [0.15, 0.2) is 46.9 Å². The van der Waals surface area contributed by atoms with Crippen LogP contribution in [0.5, 0.6) is 0 Å². The molecule has 0 aliphatic heterocycles. The van der Waals surface area contributed by atoms with Crippen LogP contribution in [0.4, 0.5) is 13.2 Å². The van der Waals surface area contributed by atoms with Gasteiger partial charge in [0.1, 0.15) is 17.6 Å². The summed E-state index contributed by atoms with van der Waals surface area (Å²) in [5, 5.41) is 2.58. The molecule has 0 spiro atoms. The molecule has 0 saturated heterocycles. The van der Waals surface area contributed by atoms with Gasteiger partial charge in [-0.15, -0.1) is 0 Å². The summed E-state index contributed by atoms with van der Waals surface area (Å²) in [7, 11) is 0. The number of hydrogen-bond acceptors (Lipinski definition) is 2. The van der Waals surface area contributed by atoms with Crippen molar-refractivity contribution in [1.29, 1.82) is 0 Å². The van der Waals surface area contributed by atoms with Gasteiger partial charge in [-0.1, -0.05) is 30.3 Å². The lowest BCUT2D eigenvalue weighted by atomic mass is 10.1. The van der Waals surface area contributed by atoms with Gasteiger partial charge < -0.3 is 4.42 Å². The number of aryl methyl sites for hydroxylation is 1. The zero-order chi connectivity index (χ0) is 14.8. The van der Waals surface area contributed by atoms with Crippen molar-refractivity contribution >= 4 is 0 Å². The van der Waals surface area contributed by atoms with Crippen molar-refractivity contribution in [1.82, 2.24) is 5.32 Å². The molecule has 1 N–H and O–H groups in total. The van der Waals surface area contributed by atoms with Gasteiger partial charge >= 0.3 is 6.18 Å². The van der Waals surface area contributed by atoms with E-state index in [1.807, 2.05) is 0 Å². The maximum atomic E-state index is 13.2. The molecule has 0 aliphatic rings. The Labute approximate surface area is 115 Å². The molecule has 2 nitrogen and oxygen atoms in total. The molecule has 0 fully saturated rings. The molecule has 1 heterocycles. The van der Waals surface area contributed by atoms with E-state index < -0.39 is 18.3 Å². The smallest absolute Gasteiger partial charge is 0.407 e. The Hall–Kier alpha value is -1.75. The fourth-order valence-corrected chi connectivity index (χ4v) is 2.04. The highest BCUT2D eigenvalue weighted by Gasteiger charge is 2.41. The summed E-state index contributed by atoms with van der Waals surface area (Å²) in [5.41, 5.74) is 0.190. The van der Waals surface area contributed by atoms with E-state index in [1.165, 1.54) is 12.1 Å². The number of alkyl halides is 3.